The van der Waals surface area contributed by atoms with Crippen molar-refractivity contribution in [2.24, 2.45) is 4.99 Å². The van der Waals surface area contributed by atoms with E-state index in [1.807, 2.05) is 18.2 Å². The molecule has 112 valence electrons. The molecule has 1 N–H and O–H groups in total. The third-order valence-electron chi connectivity index (χ3n) is 3.13. The zero-order valence-electron chi connectivity index (χ0n) is 11.5. The smallest absolute Gasteiger partial charge is 0.234 e. The lowest BCUT2D eigenvalue weighted by Crippen LogP contribution is -2.15. The van der Waals surface area contributed by atoms with Gasteiger partial charge in [0.1, 0.15) is 0 Å². The molecule has 2 aromatic rings. The Hall–Kier alpha value is -1.49. The first-order chi connectivity index (χ1) is 10.6. The first kappa shape index (κ1) is 15.4. The number of carbonyl (C=O) groups excluding carboxylic acids is 1. The normalized spacial score (nSPS) is 12.7. The maximum absolute atomic E-state index is 11.9. The summed E-state index contributed by atoms with van der Waals surface area (Å²) in [5, 5.41) is 5.11. The van der Waals surface area contributed by atoms with Gasteiger partial charge in [-0.05, 0) is 48.0 Å². The van der Waals surface area contributed by atoms with Crippen molar-refractivity contribution < 1.29 is 4.79 Å². The van der Waals surface area contributed by atoms with Crippen LogP contribution in [-0.2, 0) is 11.2 Å². The number of halogens is 2. The van der Waals surface area contributed by atoms with Crippen molar-refractivity contribution in [1.82, 2.24) is 0 Å². The molecular weight excluding hydrogens is 339 g/mol. The van der Waals surface area contributed by atoms with E-state index in [-0.39, 0.29) is 5.91 Å². The second-order valence-corrected chi connectivity index (χ2v) is 6.72. The summed E-state index contributed by atoms with van der Waals surface area (Å²) in [6.45, 7) is 0. The molecule has 1 heterocycles. The summed E-state index contributed by atoms with van der Waals surface area (Å²) in [4.78, 5) is 16.4. The van der Waals surface area contributed by atoms with E-state index in [0.717, 1.165) is 28.4 Å². The number of thioether (sulfide) groups is 1. The number of anilines is 1. The third-order valence-corrected chi connectivity index (χ3v) is 4.59. The van der Waals surface area contributed by atoms with Crippen LogP contribution < -0.4 is 5.32 Å². The number of nitrogens with one attached hydrogen (secondary N) is 1. The van der Waals surface area contributed by atoms with Crippen molar-refractivity contribution in [3.05, 3.63) is 58.1 Å². The van der Waals surface area contributed by atoms with E-state index in [4.69, 9.17) is 23.2 Å². The molecular formula is C16H12Cl2N2OS. The molecule has 3 nitrogen and oxygen atoms in total. The zero-order chi connectivity index (χ0) is 15.5. The molecule has 2 aromatic carbocycles. The Morgan fingerprint density at radius 3 is 2.64 bits per heavy atom. The van der Waals surface area contributed by atoms with E-state index in [1.165, 1.54) is 11.8 Å². The molecule has 1 amide bonds. The van der Waals surface area contributed by atoms with Crippen LogP contribution in [-0.4, -0.2) is 16.7 Å². The Kier molecular flexibility index (Phi) is 4.71. The van der Waals surface area contributed by atoms with Crippen molar-refractivity contribution in [3.8, 4) is 0 Å². The minimum atomic E-state index is -0.0657. The fraction of sp³-hybridized carbons (Fsp3) is 0.125. The lowest BCUT2D eigenvalue weighted by molar-refractivity contribution is -0.113. The predicted molar refractivity (Wildman–Crippen MR) is 94.8 cm³/mol. The van der Waals surface area contributed by atoms with Gasteiger partial charge in [-0.25, -0.2) is 4.99 Å². The molecule has 0 aromatic heterocycles. The first-order valence-corrected chi connectivity index (χ1v) is 8.38. The number of rotatable bonds is 3. The van der Waals surface area contributed by atoms with Crippen LogP contribution in [0.15, 0.2) is 47.5 Å². The molecule has 22 heavy (non-hydrogen) atoms. The quantitative estimate of drug-likeness (QED) is 0.850. The maximum atomic E-state index is 11.9. The molecule has 1 aliphatic heterocycles. The predicted octanol–water partition coefficient (Wildman–Crippen LogP) is 4.95. The van der Waals surface area contributed by atoms with Gasteiger partial charge >= 0.3 is 0 Å². The summed E-state index contributed by atoms with van der Waals surface area (Å²) in [6.07, 6.45) is 0.731. The van der Waals surface area contributed by atoms with Gasteiger partial charge in [-0.2, -0.15) is 0 Å². The average Bonchev–Trinajstić information content (AvgIpc) is 2.89. The van der Waals surface area contributed by atoms with E-state index in [9.17, 15) is 4.79 Å². The van der Waals surface area contributed by atoms with Crippen LogP contribution in [0.2, 0.25) is 10.0 Å². The monoisotopic (exact) mass is 350 g/mol. The summed E-state index contributed by atoms with van der Waals surface area (Å²) in [5.74, 6) is 0.257. The number of hydrogen-bond donors (Lipinski definition) is 1. The summed E-state index contributed by atoms with van der Waals surface area (Å²) >= 11 is 13.2. The van der Waals surface area contributed by atoms with Gasteiger partial charge in [0.25, 0.3) is 0 Å². The molecule has 0 unspecified atom stereocenters. The first-order valence-electron chi connectivity index (χ1n) is 6.64. The summed E-state index contributed by atoms with van der Waals surface area (Å²) < 4.78 is 0. The number of aliphatic imine (C=N–C) groups is 1. The second kappa shape index (κ2) is 6.73. The van der Waals surface area contributed by atoms with Gasteiger partial charge in [0.15, 0.2) is 0 Å². The highest BCUT2D eigenvalue weighted by atomic mass is 35.5. The molecule has 1 aliphatic rings. The van der Waals surface area contributed by atoms with Crippen LogP contribution in [0.4, 0.5) is 11.4 Å². The van der Waals surface area contributed by atoms with Crippen LogP contribution in [0.3, 0.4) is 0 Å². The minimum absolute atomic E-state index is 0.0657. The van der Waals surface area contributed by atoms with Gasteiger partial charge in [-0.15, -0.1) is 11.8 Å². The molecule has 0 fully saturated rings. The van der Waals surface area contributed by atoms with Gasteiger partial charge in [0.2, 0.25) is 5.91 Å². The molecule has 0 saturated heterocycles. The highest BCUT2D eigenvalue weighted by molar-refractivity contribution is 8.14. The topological polar surface area (TPSA) is 41.5 Å². The van der Waals surface area contributed by atoms with E-state index in [1.54, 1.807) is 24.3 Å². The molecule has 0 bridgehead atoms. The van der Waals surface area contributed by atoms with Crippen LogP contribution in [0.25, 0.3) is 0 Å². The minimum Gasteiger partial charge on any atom is -0.325 e. The molecule has 0 radical (unpaired) electrons. The van der Waals surface area contributed by atoms with Crippen molar-refractivity contribution in [1.29, 1.82) is 0 Å². The van der Waals surface area contributed by atoms with Gasteiger partial charge in [0, 0.05) is 22.2 Å². The molecule has 6 heteroatoms. The molecule has 0 aliphatic carbocycles. The third kappa shape index (κ3) is 3.83. The standard InChI is InChI=1S/C16H12Cl2N2OS/c17-11-1-4-13(5-2-11)19-15(21)9-22-16-8-10-7-12(18)3-6-14(10)20-16/h1-7H,8-9H2,(H,19,21). The van der Waals surface area contributed by atoms with E-state index >= 15 is 0 Å². The van der Waals surface area contributed by atoms with Gasteiger partial charge < -0.3 is 5.32 Å². The number of nitrogens with zero attached hydrogens (tertiary/aromatic N) is 1. The van der Waals surface area contributed by atoms with Crippen molar-refractivity contribution in [3.63, 3.8) is 0 Å². The molecule has 0 atom stereocenters. The lowest BCUT2D eigenvalue weighted by Gasteiger charge is -2.05. The number of fused-ring (bicyclic) bond motifs is 1. The largest absolute Gasteiger partial charge is 0.325 e. The van der Waals surface area contributed by atoms with Gasteiger partial charge in [-0.3, -0.25) is 4.79 Å². The fourth-order valence-corrected chi connectivity index (χ4v) is 3.22. The highest BCUT2D eigenvalue weighted by Gasteiger charge is 2.16. The summed E-state index contributed by atoms with van der Waals surface area (Å²) in [7, 11) is 0. The van der Waals surface area contributed by atoms with Crippen molar-refractivity contribution in [2.75, 3.05) is 11.1 Å². The number of amides is 1. The van der Waals surface area contributed by atoms with Crippen LogP contribution in [0.1, 0.15) is 5.56 Å². The van der Waals surface area contributed by atoms with Crippen molar-refractivity contribution >= 4 is 57.3 Å². The number of benzene rings is 2. The van der Waals surface area contributed by atoms with Gasteiger partial charge in [-0.1, -0.05) is 23.2 Å². The zero-order valence-corrected chi connectivity index (χ0v) is 13.8. The van der Waals surface area contributed by atoms with Gasteiger partial charge in [0.05, 0.1) is 16.5 Å². The number of hydrogen-bond acceptors (Lipinski definition) is 3. The fourth-order valence-electron chi connectivity index (χ4n) is 2.10. The molecule has 3 rings (SSSR count). The lowest BCUT2D eigenvalue weighted by atomic mass is 10.2. The highest BCUT2D eigenvalue weighted by Crippen LogP contribution is 2.32. The van der Waals surface area contributed by atoms with Crippen LogP contribution >= 0.6 is 35.0 Å². The SMILES string of the molecule is O=C(CSC1=Nc2ccc(Cl)cc2C1)Nc1ccc(Cl)cc1. The summed E-state index contributed by atoms with van der Waals surface area (Å²) in [5.41, 5.74) is 2.77. The Morgan fingerprint density at radius 2 is 1.86 bits per heavy atom. The van der Waals surface area contributed by atoms with E-state index in [2.05, 4.69) is 10.3 Å². The molecule has 0 saturated carbocycles. The summed E-state index contributed by atoms with van der Waals surface area (Å²) in [6, 6.07) is 12.7. The molecule has 0 spiro atoms. The van der Waals surface area contributed by atoms with Crippen molar-refractivity contribution in [2.45, 2.75) is 6.42 Å². The maximum Gasteiger partial charge on any atom is 0.234 e. The Labute approximate surface area is 142 Å². The Bertz CT molecular complexity index is 744. The van der Waals surface area contributed by atoms with Crippen LogP contribution in [0.5, 0.6) is 0 Å². The number of carbonyl (C=O) groups is 1. The average molecular weight is 351 g/mol. The van der Waals surface area contributed by atoms with E-state index in [0.29, 0.717) is 15.8 Å². The Morgan fingerprint density at radius 1 is 1.14 bits per heavy atom. The van der Waals surface area contributed by atoms with Crippen LogP contribution in [0, 0.1) is 0 Å². The van der Waals surface area contributed by atoms with E-state index < -0.39 is 0 Å². The Balaban J connectivity index is 1.53. The second-order valence-electron chi connectivity index (χ2n) is 4.80.